The van der Waals surface area contributed by atoms with Gasteiger partial charge in [0.25, 0.3) is 0 Å². The predicted octanol–water partition coefficient (Wildman–Crippen LogP) is 12.7. The van der Waals surface area contributed by atoms with Crippen molar-refractivity contribution in [3.8, 4) is 56.7 Å². The van der Waals surface area contributed by atoms with Gasteiger partial charge in [-0.15, -0.1) is 0 Å². The second-order valence-corrected chi connectivity index (χ2v) is 14.0. The van der Waals surface area contributed by atoms with Crippen molar-refractivity contribution in [1.29, 1.82) is 0 Å². The lowest BCUT2D eigenvalue weighted by Crippen LogP contribution is -2.01. The zero-order valence-electron chi connectivity index (χ0n) is 30.3. The van der Waals surface area contributed by atoms with Crippen LogP contribution in [0.2, 0.25) is 0 Å². The summed E-state index contributed by atoms with van der Waals surface area (Å²) in [6.45, 7) is 0. The first-order chi connectivity index (χ1) is 27.8. The minimum absolute atomic E-state index is 0.621. The Labute approximate surface area is 323 Å². The second-order valence-electron chi connectivity index (χ2n) is 14.0. The molecule has 0 spiro atoms. The highest BCUT2D eigenvalue weighted by molar-refractivity contribution is 6.20. The molecule has 0 saturated heterocycles. The van der Waals surface area contributed by atoms with E-state index in [9.17, 15) is 0 Å². The number of fused-ring (bicyclic) bond motifs is 6. The fourth-order valence-electron chi connectivity index (χ4n) is 8.28. The number of nitrogens with zero attached hydrogens (tertiary/aromatic N) is 5. The van der Waals surface area contributed by atoms with Crippen LogP contribution in [0.1, 0.15) is 0 Å². The van der Waals surface area contributed by atoms with Gasteiger partial charge in [-0.2, -0.15) is 0 Å². The number of hydrogen-bond donors (Lipinski definition) is 0. The molecular weight excluding hydrogens is 683 g/mol. The first-order valence-electron chi connectivity index (χ1n) is 18.9. The summed E-state index contributed by atoms with van der Waals surface area (Å²) < 4.78 is 4.79. The van der Waals surface area contributed by atoms with Crippen LogP contribution in [0, 0.1) is 0 Å². The largest absolute Gasteiger partial charge is 0.309 e. The van der Waals surface area contributed by atoms with Crippen LogP contribution >= 0.6 is 0 Å². The Hall–Kier alpha value is -7.63. The Morgan fingerprint density at radius 3 is 1.38 bits per heavy atom. The van der Waals surface area contributed by atoms with Gasteiger partial charge in [-0.05, 0) is 53.6 Å². The highest BCUT2D eigenvalue weighted by Gasteiger charge is 2.23. The summed E-state index contributed by atoms with van der Waals surface area (Å²) in [5.41, 5.74) is 11.8. The van der Waals surface area contributed by atoms with Gasteiger partial charge in [-0.1, -0.05) is 158 Å². The highest BCUT2D eigenvalue weighted by Crippen LogP contribution is 2.43. The third kappa shape index (κ3) is 5.13. The lowest BCUT2D eigenvalue weighted by molar-refractivity contribution is 1.08. The number of rotatable bonds is 6. The van der Waals surface area contributed by atoms with Gasteiger partial charge in [0.1, 0.15) is 0 Å². The van der Waals surface area contributed by atoms with Gasteiger partial charge in [0.2, 0.25) is 0 Å². The monoisotopic (exact) mass is 715 g/mol. The van der Waals surface area contributed by atoms with Crippen LogP contribution in [0.5, 0.6) is 0 Å². The summed E-state index contributed by atoms with van der Waals surface area (Å²) in [6.07, 6.45) is 0. The maximum Gasteiger partial charge on any atom is 0.164 e. The van der Waals surface area contributed by atoms with Crippen molar-refractivity contribution in [3.63, 3.8) is 0 Å². The van der Waals surface area contributed by atoms with Crippen LogP contribution in [0.25, 0.3) is 100 Å². The molecule has 5 heteroatoms. The number of para-hydroxylation sites is 3. The molecule has 3 heterocycles. The fraction of sp³-hybridized carbons (Fsp3) is 0. The van der Waals surface area contributed by atoms with Crippen molar-refractivity contribution in [3.05, 3.63) is 200 Å². The molecule has 0 amide bonds. The lowest BCUT2D eigenvalue weighted by Gasteiger charge is -2.12. The Kier molecular flexibility index (Phi) is 7.42. The Morgan fingerprint density at radius 2 is 0.732 bits per heavy atom. The first kappa shape index (κ1) is 31.9. The molecule has 56 heavy (non-hydrogen) atoms. The molecule has 3 aromatic heterocycles. The maximum atomic E-state index is 5.29. The van der Waals surface area contributed by atoms with Gasteiger partial charge in [-0.25, -0.2) is 15.0 Å². The van der Waals surface area contributed by atoms with E-state index in [1.165, 1.54) is 16.3 Å². The molecule has 0 atom stereocenters. The van der Waals surface area contributed by atoms with Gasteiger partial charge in [-0.3, -0.25) is 0 Å². The van der Waals surface area contributed by atoms with Gasteiger partial charge in [0.05, 0.1) is 27.8 Å². The van der Waals surface area contributed by atoms with Gasteiger partial charge >= 0.3 is 0 Å². The molecule has 262 valence electrons. The highest BCUT2D eigenvalue weighted by atomic mass is 15.0. The summed E-state index contributed by atoms with van der Waals surface area (Å²) in [7, 11) is 0. The summed E-state index contributed by atoms with van der Waals surface area (Å²) in [5, 5.41) is 4.66. The van der Waals surface area contributed by atoms with Gasteiger partial charge < -0.3 is 9.13 Å². The van der Waals surface area contributed by atoms with Gasteiger partial charge in [0.15, 0.2) is 17.5 Å². The Balaban J connectivity index is 1.22. The van der Waals surface area contributed by atoms with Crippen molar-refractivity contribution in [2.45, 2.75) is 0 Å². The molecule has 0 aliphatic carbocycles. The number of aromatic nitrogens is 5. The molecule has 8 aromatic carbocycles. The molecule has 0 N–H and O–H groups in total. The van der Waals surface area contributed by atoms with E-state index >= 15 is 0 Å². The first-order valence-corrected chi connectivity index (χ1v) is 18.9. The van der Waals surface area contributed by atoms with Crippen LogP contribution < -0.4 is 0 Å². The predicted molar refractivity (Wildman–Crippen MR) is 230 cm³/mol. The van der Waals surface area contributed by atoms with E-state index in [4.69, 9.17) is 15.0 Å². The third-order valence-corrected chi connectivity index (χ3v) is 10.8. The van der Waals surface area contributed by atoms with Crippen LogP contribution in [0.15, 0.2) is 200 Å². The van der Waals surface area contributed by atoms with E-state index in [2.05, 4.69) is 185 Å². The van der Waals surface area contributed by atoms with E-state index in [-0.39, 0.29) is 0 Å². The zero-order valence-corrected chi connectivity index (χ0v) is 30.3. The summed E-state index contributed by atoms with van der Waals surface area (Å²) in [5.74, 6) is 1.87. The normalized spacial score (nSPS) is 11.6. The molecule has 0 saturated carbocycles. The van der Waals surface area contributed by atoms with Crippen molar-refractivity contribution in [1.82, 2.24) is 24.1 Å². The average Bonchev–Trinajstić information content (AvgIpc) is 3.80. The number of hydrogen-bond acceptors (Lipinski definition) is 3. The van der Waals surface area contributed by atoms with Crippen LogP contribution in [0.3, 0.4) is 0 Å². The fourth-order valence-corrected chi connectivity index (χ4v) is 8.28. The molecule has 11 aromatic rings. The van der Waals surface area contributed by atoms with E-state index < -0.39 is 0 Å². The van der Waals surface area contributed by atoms with E-state index in [1.807, 2.05) is 24.3 Å². The summed E-state index contributed by atoms with van der Waals surface area (Å²) >= 11 is 0. The minimum Gasteiger partial charge on any atom is -0.309 e. The van der Waals surface area contributed by atoms with Crippen molar-refractivity contribution < 1.29 is 0 Å². The maximum absolute atomic E-state index is 5.29. The molecule has 0 aliphatic heterocycles. The summed E-state index contributed by atoms with van der Waals surface area (Å²) in [6, 6.07) is 70.2. The quantitative estimate of drug-likeness (QED) is 0.172. The molecule has 0 bridgehead atoms. The third-order valence-electron chi connectivity index (χ3n) is 10.8. The molecule has 0 radical (unpaired) electrons. The molecule has 0 unspecified atom stereocenters. The number of benzene rings is 8. The Bertz CT molecular complexity index is 3170. The van der Waals surface area contributed by atoms with Crippen LogP contribution in [0.4, 0.5) is 0 Å². The van der Waals surface area contributed by atoms with Gasteiger partial charge in [0, 0.05) is 43.9 Å². The van der Waals surface area contributed by atoms with E-state index in [0.717, 1.165) is 66.5 Å². The van der Waals surface area contributed by atoms with Crippen molar-refractivity contribution >= 4 is 43.6 Å². The SMILES string of the molecule is c1ccc(-c2ccc(-c3nc(-c4ccccc4)nc(-c4cccc5c4c4c(-n6c7ccccc7c7ccccc76)cccc4n5-c4ccccc4)n3)cc2)cc1. The molecule has 11 rings (SSSR count). The molecule has 5 nitrogen and oxygen atoms in total. The topological polar surface area (TPSA) is 48.5 Å². The van der Waals surface area contributed by atoms with E-state index in [1.54, 1.807) is 0 Å². The average molecular weight is 716 g/mol. The molecule has 0 fully saturated rings. The molecular formula is C51H33N5. The smallest absolute Gasteiger partial charge is 0.164 e. The molecule has 0 aliphatic rings. The minimum atomic E-state index is 0.621. The van der Waals surface area contributed by atoms with Crippen LogP contribution in [-0.4, -0.2) is 24.1 Å². The standard InChI is InChI=1S/C51H33N5/c1-4-16-34(17-5-1)35-30-32-37(33-31-35)50-52-49(36-18-6-2-7-19-36)53-51(54-50)41-24-14-27-44-47(41)48-45(55(44)38-20-8-3-9-21-38)28-15-29-46(48)56-42-25-12-10-22-39(42)40-23-11-13-26-43(40)56/h1-33H. The second kappa shape index (κ2) is 13.0. The lowest BCUT2D eigenvalue weighted by atomic mass is 10.0. The van der Waals surface area contributed by atoms with Crippen molar-refractivity contribution in [2.75, 3.05) is 0 Å². The Morgan fingerprint density at radius 1 is 0.286 bits per heavy atom. The summed E-state index contributed by atoms with van der Waals surface area (Å²) in [4.78, 5) is 15.6. The zero-order chi connectivity index (χ0) is 37.0. The van der Waals surface area contributed by atoms with Crippen LogP contribution in [-0.2, 0) is 0 Å². The van der Waals surface area contributed by atoms with E-state index in [0.29, 0.717) is 17.5 Å². The van der Waals surface area contributed by atoms with Crippen molar-refractivity contribution in [2.24, 2.45) is 0 Å².